The first-order chi connectivity index (χ1) is 17.7. The van der Waals surface area contributed by atoms with Gasteiger partial charge in [-0.25, -0.2) is 23.1 Å². The van der Waals surface area contributed by atoms with E-state index in [-0.39, 0.29) is 39.6 Å². The van der Waals surface area contributed by atoms with Gasteiger partial charge in [0.2, 0.25) is 11.8 Å². The van der Waals surface area contributed by atoms with E-state index in [1.165, 1.54) is 31.7 Å². The fourth-order valence-electron chi connectivity index (χ4n) is 3.86. The van der Waals surface area contributed by atoms with Gasteiger partial charge in [-0.15, -0.1) is 0 Å². The largest absolute Gasteiger partial charge is 0.474 e. The number of allylic oxidation sites excluding steroid dienone is 1. The number of benzene rings is 1. The van der Waals surface area contributed by atoms with Crippen molar-refractivity contribution >= 4 is 34.8 Å². The number of piperidine rings is 1. The Bertz CT molecular complexity index is 1130. The Labute approximate surface area is 221 Å². The van der Waals surface area contributed by atoms with Crippen LogP contribution < -0.4 is 10.1 Å². The topological polar surface area (TPSA) is 79.7 Å². The number of nitrogens with zero attached hydrogens (tertiary/aromatic N) is 4. The quantitative estimate of drug-likeness (QED) is 0.193. The van der Waals surface area contributed by atoms with Gasteiger partial charge in [0.25, 0.3) is 12.3 Å². The normalized spacial score (nSPS) is 16.4. The van der Waals surface area contributed by atoms with Gasteiger partial charge >= 0.3 is 0 Å². The van der Waals surface area contributed by atoms with Crippen molar-refractivity contribution in [3.05, 3.63) is 63.4 Å². The Kier molecular flexibility index (Phi) is 10.7. The molecule has 0 radical (unpaired) electrons. The number of ether oxygens (including phenoxy) is 1. The van der Waals surface area contributed by atoms with E-state index in [4.69, 9.17) is 16.3 Å². The second-order valence-electron chi connectivity index (χ2n) is 8.16. The molecule has 1 N–H and O–H groups in total. The van der Waals surface area contributed by atoms with Gasteiger partial charge in [-0.2, -0.15) is 4.39 Å². The molecule has 7 nitrogen and oxygen atoms in total. The van der Waals surface area contributed by atoms with Crippen LogP contribution in [0.5, 0.6) is 5.88 Å². The first-order valence-corrected chi connectivity index (χ1v) is 12.6. The molecule has 37 heavy (non-hydrogen) atoms. The second-order valence-corrected chi connectivity index (χ2v) is 9.48. The average Bonchev–Trinajstić information content (AvgIpc) is 2.85. The van der Waals surface area contributed by atoms with Crippen LogP contribution in [0.2, 0.25) is 5.02 Å². The monoisotopic (exact) mass is 559 g/mol. The van der Waals surface area contributed by atoms with Crippen molar-refractivity contribution in [2.75, 3.05) is 26.7 Å². The molecular formula is C24H26ClF4N5O2S. The highest BCUT2D eigenvalue weighted by molar-refractivity contribution is 8.15. The van der Waals surface area contributed by atoms with Crippen LogP contribution in [0.4, 0.5) is 17.6 Å². The Hall–Kier alpha value is -2.70. The number of likely N-dealkylation sites (tertiary alicyclic amines) is 1. The molecule has 1 amide bonds. The molecule has 1 aliphatic rings. The van der Waals surface area contributed by atoms with Crippen LogP contribution in [0.1, 0.15) is 28.8 Å². The fraction of sp³-hybridized carbons (Fsp3) is 0.417. The first kappa shape index (κ1) is 28.9. The predicted octanol–water partition coefficient (Wildman–Crippen LogP) is 4.90. The number of amides is 1. The maximum Gasteiger partial charge on any atom is 0.258 e. The Balaban J connectivity index is 1.76. The van der Waals surface area contributed by atoms with Gasteiger partial charge in [-0.3, -0.25) is 14.7 Å². The molecule has 1 aromatic carbocycles. The number of carbonyl (C=O) groups is 1. The number of halogens is 5. The molecule has 0 saturated carbocycles. The zero-order chi connectivity index (χ0) is 26.9. The summed E-state index contributed by atoms with van der Waals surface area (Å²) in [6.45, 7) is 2.31. The Morgan fingerprint density at radius 3 is 2.70 bits per heavy atom. The summed E-state index contributed by atoms with van der Waals surface area (Å²) in [5, 5.41) is 2.58. The molecule has 13 heteroatoms. The summed E-state index contributed by atoms with van der Waals surface area (Å²) in [5.41, 5.74) is 1.32. The minimum Gasteiger partial charge on any atom is -0.474 e. The SMILES string of the molecule is C/N=C\S/C(=C/C(F)F)C(CNC(=O)c1c(F)cccc1Cl)N1CCC(Oc2ncnc(F)c2C)CC1. The highest BCUT2D eigenvalue weighted by Gasteiger charge is 2.30. The van der Waals surface area contributed by atoms with Gasteiger partial charge in [0.05, 0.1) is 27.7 Å². The lowest BCUT2D eigenvalue weighted by Crippen LogP contribution is -2.49. The molecule has 200 valence electrons. The highest BCUT2D eigenvalue weighted by Crippen LogP contribution is 2.28. The van der Waals surface area contributed by atoms with E-state index in [9.17, 15) is 22.4 Å². The van der Waals surface area contributed by atoms with Crippen LogP contribution in [-0.2, 0) is 0 Å². The number of carbonyl (C=O) groups excluding carboxylic acids is 1. The number of aromatic nitrogens is 2. The highest BCUT2D eigenvalue weighted by atomic mass is 35.5. The van der Waals surface area contributed by atoms with Crippen molar-refractivity contribution in [2.24, 2.45) is 4.99 Å². The van der Waals surface area contributed by atoms with E-state index in [0.717, 1.165) is 30.2 Å². The van der Waals surface area contributed by atoms with Gasteiger partial charge in [0.1, 0.15) is 18.2 Å². The summed E-state index contributed by atoms with van der Waals surface area (Å²) < 4.78 is 60.6. The summed E-state index contributed by atoms with van der Waals surface area (Å²) in [4.78, 5) is 26.3. The van der Waals surface area contributed by atoms with Crippen LogP contribution in [0.25, 0.3) is 0 Å². The lowest BCUT2D eigenvalue weighted by Gasteiger charge is -2.38. The van der Waals surface area contributed by atoms with E-state index in [1.807, 2.05) is 4.90 Å². The Morgan fingerprint density at radius 2 is 2.05 bits per heavy atom. The van der Waals surface area contributed by atoms with Crippen molar-refractivity contribution in [3.8, 4) is 5.88 Å². The standard InChI is InChI=1S/C24H26ClF4N5O2S/c1-14-22(29)32-12-33-24(14)36-15-6-8-34(9-7-15)18(19(10-20(27)28)37-13-30-2)11-31-23(35)21-16(25)4-3-5-17(21)26/h3-5,10,12-13,15,18,20H,6-9,11H2,1-2H3,(H,31,35)/b19-10+,30-13-. The van der Waals surface area contributed by atoms with E-state index < -0.39 is 30.1 Å². The lowest BCUT2D eigenvalue weighted by molar-refractivity contribution is 0.0772. The third kappa shape index (κ3) is 7.89. The minimum absolute atomic E-state index is 0.0562. The van der Waals surface area contributed by atoms with Gasteiger partial charge in [0, 0.05) is 31.6 Å². The maximum atomic E-state index is 14.2. The summed E-state index contributed by atoms with van der Waals surface area (Å²) >= 11 is 7.02. The van der Waals surface area contributed by atoms with Crippen LogP contribution in [0.3, 0.4) is 0 Å². The molecule has 1 aliphatic heterocycles. The number of hydrogen-bond donors (Lipinski definition) is 1. The molecule has 0 aliphatic carbocycles. The minimum atomic E-state index is -2.73. The number of hydrogen-bond acceptors (Lipinski definition) is 7. The molecule has 1 aromatic heterocycles. The van der Waals surface area contributed by atoms with Crippen LogP contribution in [0, 0.1) is 18.7 Å². The van der Waals surface area contributed by atoms with Gasteiger partial charge in [-0.05, 0) is 38.0 Å². The molecular weight excluding hydrogens is 534 g/mol. The molecule has 3 rings (SSSR count). The zero-order valence-corrected chi connectivity index (χ0v) is 21.7. The van der Waals surface area contributed by atoms with E-state index in [1.54, 1.807) is 0 Å². The number of thioether (sulfide) groups is 1. The van der Waals surface area contributed by atoms with Gasteiger partial charge in [-0.1, -0.05) is 29.4 Å². The third-order valence-corrected chi connectivity index (χ3v) is 7.04. The predicted molar refractivity (Wildman–Crippen MR) is 136 cm³/mol. The molecule has 0 spiro atoms. The summed E-state index contributed by atoms with van der Waals surface area (Å²) in [6, 6.07) is 3.24. The van der Waals surface area contributed by atoms with Crippen molar-refractivity contribution in [3.63, 3.8) is 0 Å². The zero-order valence-electron chi connectivity index (χ0n) is 20.1. The van der Waals surface area contributed by atoms with Gasteiger partial charge in [0.15, 0.2) is 0 Å². The lowest BCUT2D eigenvalue weighted by atomic mass is 10.0. The van der Waals surface area contributed by atoms with Crippen LogP contribution in [-0.4, -0.2) is 71.6 Å². The number of aliphatic imine (C=N–C) groups is 1. The van der Waals surface area contributed by atoms with E-state index in [2.05, 4.69) is 20.3 Å². The molecule has 0 bridgehead atoms. The summed E-state index contributed by atoms with van der Waals surface area (Å²) in [5.74, 6) is -2.04. The van der Waals surface area contributed by atoms with E-state index >= 15 is 0 Å². The van der Waals surface area contributed by atoms with Crippen LogP contribution in [0.15, 0.2) is 40.5 Å². The average molecular weight is 560 g/mol. The van der Waals surface area contributed by atoms with Crippen LogP contribution >= 0.6 is 23.4 Å². The molecule has 2 heterocycles. The van der Waals surface area contributed by atoms with E-state index in [0.29, 0.717) is 25.9 Å². The Morgan fingerprint density at radius 1 is 1.32 bits per heavy atom. The van der Waals surface area contributed by atoms with Crippen molar-refractivity contribution in [2.45, 2.75) is 38.3 Å². The third-order valence-electron chi connectivity index (χ3n) is 5.73. The number of rotatable bonds is 10. The first-order valence-electron chi connectivity index (χ1n) is 11.4. The molecule has 1 atom stereocenters. The van der Waals surface area contributed by atoms with Crippen molar-refractivity contribution < 1.29 is 27.1 Å². The van der Waals surface area contributed by atoms with Crippen molar-refractivity contribution in [1.29, 1.82) is 0 Å². The smallest absolute Gasteiger partial charge is 0.258 e. The molecule has 1 saturated heterocycles. The molecule has 2 aromatic rings. The second kappa shape index (κ2) is 13.7. The van der Waals surface area contributed by atoms with Gasteiger partial charge < -0.3 is 10.1 Å². The summed E-state index contributed by atoms with van der Waals surface area (Å²) in [7, 11) is 1.52. The fourth-order valence-corrected chi connectivity index (χ4v) is 4.91. The molecule has 1 unspecified atom stereocenters. The molecule has 1 fully saturated rings. The maximum absolute atomic E-state index is 14.2. The summed E-state index contributed by atoms with van der Waals surface area (Å²) in [6.07, 6.45) is -0.102. The van der Waals surface area contributed by atoms with Crippen molar-refractivity contribution in [1.82, 2.24) is 20.2 Å². The number of alkyl halides is 2. The number of nitrogens with one attached hydrogen (secondary N) is 1.